The van der Waals surface area contributed by atoms with Gasteiger partial charge in [-0.25, -0.2) is 4.79 Å². The van der Waals surface area contributed by atoms with Gasteiger partial charge in [-0.05, 0) is 25.5 Å². The van der Waals surface area contributed by atoms with Gasteiger partial charge in [-0.3, -0.25) is 4.79 Å². The largest absolute Gasteiger partial charge is 0.478 e. The van der Waals surface area contributed by atoms with Crippen LogP contribution >= 0.6 is 0 Å². The summed E-state index contributed by atoms with van der Waals surface area (Å²) in [6.45, 7) is 3.97. The van der Waals surface area contributed by atoms with E-state index >= 15 is 0 Å². The third-order valence-electron chi connectivity index (χ3n) is 2.32. The van der Waals surface area contributed by atoms with Gasteiger partial charge < -0.3 is 9.84 Å². The number of aromatic carboxylic acids is 1. The SMILES string of the molecule is CCOC(=O)CC=Cc1cc(C)ccc1C(=O)O. The topological polar surface area (TPSA) is 63.6 Å². The summed E-state index contributed by atoms with van der Waals surface area (Å²) < 4.78 is 4.77. The summed E-state index contributed by atoms with van der Waals surface area (Å²) in [5.41, 5.74) is 1.78. The van der Waals surface area contributed by atoms with Gasteiger partial charge in [-0.1, -0.05) is 29.8 Å². The van der Waals surface area contributed by atoms with E-state index in [2.05, 4.69) is 0 Å². The van der Waals surface area contributed by atoms with Gasteiger partial charge in [0.1, 0.15) is 0 Å². The summed E-state index contributed by atoms with van der Waals surface area (Å²) in [4.78, 5) is 22.1. The summed E-state index contributed by atoms with van der Waals surface area (Å²) in [6, 6.07) is 5.07. The third-order valence-corrected chi connectivity index (χ3v) is 2.32. The van der Waals surface area contributed by atoms with Crippen molar-refractivity contribution in [2.24, 2.45) is 0 Å². The number of rotatable bonds is 5. The number of carboxylic acid groups (broad SMARTS) is 1. The molecule has 0 radical (unpaired) electrons. The molecule has 0 amide bonds. The fourth-order valence-electron chi connectivity index (χ4n) is 1.52. The van der Waals surface area contributed by atoms with Crippen LogP contribution in [0.1, 0.15) is 34.8 Å². The number of carbonyl (C=O) groups is 2. The Labute approximate surface area is 106 Å². The highest BCUT2D eigenvalue weighted by molar-refractivity contribution is 5.92. The average Bonchev–Trinajstić information content (AvgIpc) is 2.29. The number of carboxylic acids is 1. The van der Waals surface area contributed by atoms with E-state index < -0.39 is 5.97 Å². The molecule has 0 heterocycles. The molecule has 0 unspecified atom stereocenters. The van der Waals surface area contributed by atoms with Crippen molar-refractivity contribution in [2.45, 2.75) is 20.3 Å². The van der Waals surface area contributed by atoms with Crippen LogP contribution in [-0.4, -0.2) is 23.7 Å². The maximum absolute atomic E-state index is 11.1. The van der Waals surface area contributed by atoms with Gasteiger partial charge in [-0.2, -0.15) is 0 Å². The highest BCUT2D eigenvalue weighted by Gasteiger charge is 2.07. The van der Waals surface area contributed by atoms with Crippen LogP contribution in [0.25, 0.3) is 6.08 Å². The zero-order valence-corrected chi connectivity index (χ0v) is 10.5. The molecule has 4 nitrogen and oxygen atoms in total. The highest BCUT2D eigenvalue weighted by Crippen LogP contribution is 2.14. The standard InChI is InChI=1S/C14H16O4/c1-3-18-13(15)6-4-5-11-9-10(2)7-8-12(11)14(16)17/h4-5,7-9H,3,6H2,1-2H3,(H,16,17). The first-order valence-electron chi connectivity index (χ1n) is 5.70. The first-order valence-corrected chi connectivity index (χ1v) is 5.70. The number of ether oxygens (including phenoxy) is 1. The van der Waals surface area contributed by atoms with E-state index in [-0.39, 0.29) is 18.0 Å². The lowest BCUT2D eigenvalue weighted by Gasteiger charge is -2.02. The summed E-state index contributed by atoms with van der Waals surface area (Å²) in [6.07, 6.45) is 3.38. The van der Waals surface area contributed by atoms with Crippen LogP contribution in [0.5, 0.6) is 0 Å². The molecule has 1 rings (SSSR count). The molecule has 0 aliphatic rings. The third kappa shape index (κ3) is 4.05. The fraction of sp³-hybridized carbons (Fsp3) is 0.286. The average molecular weight is 248 g/mol. The van der Waals surface area contributed by atoms with Crippen molar-refractivity contribution in [3.63, 3.8) is 0 Å². The second kappa shape index (κ2) is 6.59. The van der Waals surface area contributed by atoms with Crippen molar-refractivity contribution in [1.29, 1.82) is 0 Å². The molecule has 0 saturated heterocycles. The molecule has 0 spiro atoms. The molecule has 0 bridgehead atoms. The molecule has 0 atom stereocenters. The van der Waals surface area contributed by atoms with Crippen molar-refractivity contribution in [1.82, 2.24) is 0 Å². The van der Waals surface area contributed by atoms with Gasteiger partial charge in [0.15, 0.2) is 0 Å². The maximum Gasteiger partial charge on any atom is 0.336 e. The Balaban J connectivity index is 2.82. The maximum atomic E-state index is 11.1. The van der Waals surface area contributed by atoms with E-state index in [1.165, 1.54) is 0 Å². The van der Waals surface area contributed by atoms with Gasteiger partial charge in [0.25, 0.3) is 0 Å². The minimum atomic E-state index is -0.981. The van der Waals surface area contributed by atoms with Crippen molar-refractivity contribution in [3.05, 3.63) is 41.0 Å². The summed E-state index contributed by atoms with van der Waals surface area (Å²) in [5.74, 6) is -1.30. The predicted molar refractivity (Wildman–Crippen MR) is 68.4 cm³/mol. The first-order chi connectivity index (χ1) is 8.54. The number of aryl methyl sites for hydroxylation is 1. The second-order valence-electron chi connectivity index (χ2n) is 3.81. The first kappa shape index (κ1) is 14.0. The fourth-order valence-corrected chi connectivity index (χ4v) is 1.52. The Morgan fingerprint density at radius 3 is 2.72 bits per heavy atom. The lowest BCUT2D eigenvalue weighted by atomic mass is 10.0. The van der Waals surface area contributed by atoms with E-state index in [4.69, 9.17) is 9.84 Å². The van der Waals surface area contributed by atoms with Gasteiger partial charge >= 0.3 is 11.9 Å². The monoisotopic (exact) mass is 248 g/mol. The van der Waals surface area contributed by atoms with E-state index in [0.29, 0.717) is 12.2 Å². The molecule has 96 valence electrons. The van der Waals surface area contributed by atoms with Crippen molar-refractivity contribution in [3.8, 4) is 0 Å². The molecular weight excluding hydrogens is 232 g/mol. The lowest BCUT2D eigenvalue weighted by Crippen LogP contribution is -2.02. The van der Waals surface area contributed by atoms with Crippen molar-refractivity contribution >= 4 is 18.0 Å². The molecule has 0 aromatic heterocycles. The summed E-state index contributed by atoms with van der Waals surface area (Å²) in [5, 5.41) is 9.02. The molecule has 1 aromatic rings. The van der Waals surface area contributed by atoms with Gasteiger partial charge in [-0.15, -0.1) is 0 Å². The van der Waals surface area contributed by atoms with E-state index in [1.54, 1.807) is 37.3 Å². The highest BCUT2D eigenvalue weighted by atomic mass is 16.5. The normalized spacial score (nSPS) is 10.6. The lowest BCUT2D eigenvalue weighted by molar-refractivity contribution is -0.142. The molecule has 0 fully saturated rings. The van der Waals surface area contributed by atoms with Crippen LogP contribution in [0, 0.1) is 6.92 Å². The van der Waals surface area contributed by atoms with Gasteiger partial charge in [0.2, 0.25) is 0 Å². The Morgan fingerprint density at radius 1 is 1.39 bits per heavy atom. The quantitative estimate of drug-likeness (QED) is 0.814. The number of hydrogen-bond donors (Lipinski definition) is 1. The number of benzene rings is 1. The smallest absolute Gasteiger partial charge is 0.336 e. The number of carbonyl (C=O) groups excluding carboxylic acids is 1. The molecule has 0 aliphatic heterocycles. The van der Waals surface area contributed by atoms with E-state index in [1.807, 2.05) is 6.92 Å². The van der Waals surface area contributed by atoms with Gasteiger partial charge in [0.05, 0.1) is 18.6 Å². The van der Waals surface area contributed by atoms with Gasteiger partial charge in [0, 0.05) is 0 Å². The number of esters is 1. The van der Waals surface area contributed by atoms with E-state index in [9.17, 15) is 9.59 Å². The second-order valence-corrected chi connectivity index (χ2v) is 3.81. The summed E-state index contributed by atoms with van der Waals surface area (Å²) >= 11 is 0. The van der Waals surface area contributed by atoms with Crippen LogP contribution < -0.4 is 0 Å². The molecule has 4 heteroatoms. The minimum absolute atomic E-state index is 0.140. The molecule has 1 N–H and O–H groups in total. The molecule has 18 heavy (non-hydrogen) atoms. The molecule has 0 saturated carbocycles. The zero-order valence-electron chi connectivity index (χ0n) is 10.5. The Bertz CT molecular complexity index is 475. The predicted octanol–water partition coefficient (Wildman–Crippen LogP) is 2.66. The van der Waals surface area contributed by atoms with Crippen LogP contribution in [0.2, 0.25) is 0 Å². The van der Waals surface area contributed by atoms with Crippen molar-refractivity contribution < 1.29 is 19.4 Å². The Hall–Kier alpha value is -2.10. The Kier molecular flexibility index (Phi) is 5.11. The summed E-state index contributed by atoms with van der Waals surface area (Å²) in [7, 11) is 0. The van der Waals surface area contributed by atoms with Crippen LogP contribution in [0.4, 0.5) is 0 Å². The molecule has 0 aliphatic carbocycles. The van der Waals surface area contributed by atoms with Crippen LogP contribution in [-0.2, 0) is 9.53 Å². The minimum Gasteiger partial charge on any atom is -0.478 e. The van der Waals surface area contributed by atoms with Crippen molar-refractivity contribution in [2.75, 3.05) is 6.61 Å². The van der Waals surface area contributed by atoms with Crippen LogP contribution in [0.3, 0.4) is 0 Å². The number of hydrogen-bond acceptors (Lipinski definition) is 3. The molecule has 1 aromatic carbocycles. The molecular formula is C14H16O4. The Morgan fingerprint density at radius 2 is 2.11 bits per heavy atom. The zero-order chi connectivity index (χ0) is 13.5. The van der Waals surface area contributed by atoms with E-state index in [0.717, 1.165) is 5.56 Å². The van der Waals surface area contributed by atoms with Crippen LogP contribution in [0.15, 0.2) is 24.3 Å².